The van der Waals surface area contributed by atoms with Gasteiger partial charge in [-0.25, -0.2) is 19.7 Å². The summed E-state index contributed by atoms with van der Waals surface area (Å²) in [6.45, 7) is 3.29. The molecule has 2 amide bonds. The molecule has 13 heteroatoms. The maximum atomic E-state index is 12.2. The van der Waals surface area contributed by atoms with Gasteiger partial charge in [0.15, 0.2) is 11.6 Å². The summed E-state index contributed by atoms with van der Waals surface area (Å²) in [5.41, 5.74) is 0.776. The normalized spacial score (nSPS) is 13.5. The fourth-order valence-electron chi connectivity index (χ4n) is 4.04. The van der Waals surface area contributed by atoms with Crippen LogP contribution in [0.5, 0.6) is 11.5 Å². The number of anilines is 2. The zero-order valence-corrected chi connectivity index (χ0v) is 24.2. The number of ether oxygens (including phenoxy) is 1. The molecule has 0 spiro atoms. The van der Waals surface area contributed by atoms with E-state index >= 15 is 0 Å². The molecule has 4 aromatic rings. The summed E-state index contributed by atoms with van der Waals surface area (Å²) in [6, 6.07) is 11.5. The molecule has 0 unspecified atom stereocenters. The van der Waals surface area contributed by atoms with E-state index in [0.29, 0.717) is 35.5 Å². The Hall–Kier alpha value is -3.48. The number of hydrogen-bond donors (Lipinski definition) is 1. The predicted octanol–water partition coefficient (Wildman–Crippen LogP) is 6.00. The van der Waals surface area contributed by atoms with E-state index in [0.717, 1.165) is 34.3 Å². The van der Waals surface area contributed by atoms with E-state index in [2.05, 4.69) is 24.6 Å². The number of aryl methyl sites for hydroxylation is 1. The molecule has 0 bridgehead atoms. The number of carbonyl (C=O) groups is 1. The molecule has 10 nitrogen and oxygen atoms in total. The van der Waals surface area contributed by atoms with Gasteiger partial charge in [-0.2, -0.15) is 4.37 Å². The number of aromatic nitrogens is 5. The van der Waals surface area contributed by atoms with Crippen molar-refractivity contribution in [2.45, 2.75) is 35.6 Å². The number of pyridine rings is 3. The average molecular weight is 585 g/mol. The summed E-state index contributed by atoms with van der Waals surface area (Å²) in [5, 5.41) is 4.80. The van der Waals surface area contributed by atoms with Crippen molar-refractivity contribution in [2.24, 2.45) is 0 Å². The van der Waals surface area contributed by atoms with Gasteiger partial charge in [0.1, 0.15) is 16.6 Å². The van der Waals surface area contributed by atoms with Crippen LogP contribution < -0.4 is 10.1 Å². The van der Waals surface area contributed by atoms with Crippen LogP contribution in [-0.4, -0.2) is 67.3 Å². The number of carbonyl (C=O) groups excluding carboxylic acids is 1. The summed E-state index contributed by atoms with van der Waals surface area (Å²) in [4.78, 5) is 34.7. The first-order chi connectivity index (χ1) is 18.5. The lowest BCUT2D eigenvalue weighted by Crippen LogP contribution is -2.43. The second-order valence-corrected chi connectivity index (χ2v) is 10.8. The minimum atomic E-state index is 0. The van der Waals surface area contributed by atoms with Crippen molar-refractivity contribution in [2.75, 3.05) is 32.5 Å². The van der Waals surface area contributed by atoms with Gasteiger partial charge in [-0.3, -0.25) is 4.98 Å². The van der Waals surface area contributed by atoms with E-state index in [4.69, 9.17) is 9.72 Å². The molecule has 204 valence electrons. The van der Waals surface area contributed by atoms with Gasteiger partial charge in [0, 0.05) is 74.2 Å². The molecule has 1 aliphatic heterocycles. The molecule has 0 radical (unpaired) electrons. The summed E-state index contributed by atoms with van der Waals surface area (Å²) in [7, 11) is 3.56. The van der Waals surface area contributed by atoms with E-state index < -0.39 is 0 Å². The SMILES string of the molecule is Cc1ncccc1Oc1cc(Sc2ccccn2)cnc1Nc1nc(C2CCN(C(=O)N(C)C)CC2)ns1.Cl. The molecule has 39 heavy (non-hydrogen) atoms. The summed E-state index contributed by atoms with van der Waals surface area (Å²) in [6.07, 6.45) is 6.95. The van der Waals surface area contributed by atoms with Crippen LogP contribution >= 0.6 is 35.7 Å². The highest BCUT2D eigenvalue weighted by Crippen LogP contribution is 2.37. The first kappa shape index (κ1) is 28.5. The molecule has 0 atom stereocenters. The molecular formula is C26H29ClN8O2S2. The Morgan fingerprint density at radius 1 is 1.10 bits per heavy atom. The highest BCUT2D eigenvalue weighted by Gasteiger charge is 2.27. The Kier molecular flexibility index (Phi) is 9.54. The molecule has 1 aliphatic rings. The molecular weight excluding hydrogens is 556 g/mol. The standard InChI is InChI=1S/C26H28N8O2S2.ClH/c1-17-20(7-6-12-27-17)36-21-15-19(37-22-8-4-5-11-28-22)16-29-24(21)31-25-30-23(32-38-25)18-9-13-34(14-10-18)26(35)33(2)3;/h4-8,11-12,15-16,18H,9-10,13-14H2,1-3H3,(H,29,30,31,32);1H. The zero-order valence-electron chi connectivity index (χ0n) is 21.8. The summed E-state index contributed by atoms with van der Waals surface area (Å²) >= 11 is 2.80. The monoisotopic (exact) mass is 584 g/mol. The number of nitrogens with one attached hydrogen (secondary N) is 1. The first-order valence-corrected chi connectivity index (χ1v) is 13.8. The number of nitrogens with zero attached hydrogens (tertiary/aromatic N) is 7. The summed E-state index contributed by atoms with van der Waals surface area (Å²) < 4.78 is 10.9. The average Bonchev–Trinajstić information content (AvgIpc) is 3.40. The van der Waals surface area contributed by atoms with Gasteiger partial charge in [0.05, 0.1) is 5.69 Å². The number of hydrogen-bond acceptors (Lipinski definition) is 10. The number of piperidine rings is 1. The molecule has 5 heterocycles. The molecule has 5 rings (SSSR count). The number of halogens is 1. The van der Waals surface area contributed by atoms with Crippen LogP contribution in [-0.2, 0) is 0 Å². The largest absolute Gasteiger partial charge is 0.452 e. The fourth-order valence-corrected chi connectivity index (χ4v) is 5.46. The highest BCUT2D eigenvalue weighted by atomic mass is 35.5. The van der Waals surface area contributed by atoms with Crippen molar-refractivity contribution >= 4 is 52.7 Å². The lowest BCUT2D eigenvalue weighted by molar-refractivity contribution is 0.155. The van der Waals surface area contributed by atoms with Gasteiger partial charge < -0.3 is 19.9 Å². The predicted molar refractivity (Wildman–Crippen MR) is 155 cm³/mol. The third kappa shape index (κ3) is 7.14. The van der Waals surface area contributed by atoms with E-state index in [-0.39, 0.29) is 24.4 Å². The smallest absolute Gasteiger partial charge is 0.319 e. The van der Waals surface area contributed by atoms with Crippen molar-refractivity contribution in [3.8, 4) is 11.5 Å². The van der Waals surface area contributed by atoms with Crippen molar-refractivity contribution in [3.05, 3.63) is 66.5 Å². The van der Waals surface area contributed by atoms with E-state index in [1.165, 1.54) is 23.3 Å². The van der Waals surface area contributed by atoms with Crippen LogP contribution in [0.25, 0.3) is 0 Å². The Morgan fingerprint density at radius 3 is 2.62 bits per heavy atom. The number of likely N-dealkylation sites (tertiary alicyclic amines) is 1. The molecule has 1 fully saturated rings. The van der Waals surface area contributed by atoms with Crippen molar-refractivity contribution in [1.82, 2.24) is 34.1 Å². The minimum Gasteiger partial charge on any atom is -0.452 e. The molecule has 1 saturated heterocycles. The Bertz CT molecular complexity index is 1400. The quantitative estimate of drug-likeness (QED) is 0.279. The Labute approximate surface area is 241 Å². The third-order valence-electron chi connectivity index (χ3n) is 6.05. The second-order valence-electron chi connectivity index (χ2n) is 9.00. The lowest BCUT2D eigenvalue weighted by atomic mass is 9.96. The summed E-state index contributed by atoms with van der Waals surface area (Å²) in [5.74, 6) is 2.74. The van der Waals surface area contributed by atoms with E-state index in [9.17, 15) is 4.79 Å². The van der Waals surface area contributed by atoms with Crippen LogP contribution in [0.15, 0.2) is 64.9 Å². The third-order valence-corrected chi connectivity index (χ3v) is 7.60. The van der Waals surface area contributed by atoms with Crippen LogP contribution in [0.2, 0.25) is 0 Å². The van der Waals surface area contributed by atoms with Gasteiger partial charge in [-0.1, -0.05) is 17.8 Å². The van der Waals surface area contributed by atoms with Crippen molar-refractivity contribution in [1.29, 1.82) is 0 Å². The van der Waals surface area contributed by atoms with Gasteiger partial charge in [0.2, 0.25) is 5.13 Å². The van der Waals surface area contributed by atoms with Crippen LogP contribution in [0.4, 0.5) is 15.7 Å². The maximum Gasteiger partial charge on any atom is 0.319 e. The molecule has 4 aromatic heterocycles. The molecule has 1 N–H and O–H groups in total. The number of urea groups is 1. The number of amides is 2. The topological polar surface area (TPSA) is 109 Å². The molecule has 0 aliphatic carbocycles. The van der Waals surface area contributed by atoms with E-state index in [1.807, 2.05) is 48.2 Å². The van der Waals surface area contributed by atoms with Gasteiger partial charge in [-0.05, 0) is 44.0 Å². The number of rotatable bonds is 7. The molecule has 0 aromatic carbocycles. The van der Waals surface area contributed by atoms with Gasteiger partial charge in [0.25, 0.3) is 0 Å². The van der Waals surface area contributed by atoms with Crippen molar-refractivity contribution in [3.63, 3.8) is 0 Å². The zero-order chi connectivity index (χ0) is 26.5. The second kappa shape index (κ2) is 13.0. The lowest BCUT2D eigenvalue weighted by Gasteiger charge is -2.32. The van der Waals surface area contributed by atoms with Crippen LogP contribution in [0, 0.1) is 6.92 Å². The van der Waals surface area contributed by atoms with Crippen LogP contribution in [0.1, 0.15) is 30.3 Å². The first-order valence-electron chi connectivity index (χ1n) is 12.2. The van der Waals surface area contributed by atoms with Crippen molar-refractivity contribution < 1.29 is 9.53 Å². The Balaban J connectivity index is 0.00000353. The van der Waals surface area contributed by atoms with Gasteiger partial charge in [-0.15, -0.1) is 12.4 Å². The fraction of sp³-hybridized carbons (Fsp3) is 0.308. The van der Waals surface area contributed by atoms with E-state index in [1.54, 1.807) is 37.6 Å². The Morgan fingerprint density at radius 2 is 1.90 bits per heavy atom. The highest BCUT2D eigenvalue weighted by molar-refractivity contribution is 7.99. The maximum absolute atomic E-state index is 12.2. The van der Waals surface area contributed by atoms with Gasteiger partial charge >= 0.3 is 6.03 Å². The molecule has 0 saturated carbocycles. The minimum absolute atomic E-state index is 0. The van der Waals surface area contributed by atoms with Crippen LogP contribution in [0.3, 0.4) is 0 Å².